The van der Waals surface area contributed by atoms with Crippen molar-refractivity contribution in [2.24, 2.45) is 11.8 Å². The van der Waals surface area contributed by atoms with Gasteiger partial charge < -0.3 is 10.2 Å². The summed E-state index contributed by atoms with van der Waals surface area (Å²) in [6.45, 7) is 12.2. The van der Waals surface area contributed by atoms with E-state index in [1.54, 1.807) is 11.3 Å². The largest absolute Gasteiger partial charge is 0.345 e. The summed E-state index contributed by atoms with van der Waals surface area (Å²) in [5, 5.41) is 6.87. The van der Waals surface area contributed by atoms with E-state index < -0.39 is 0 Å². The van der Waals surface area contributed by atoms with Gasteiger partial charge in [-0.2, -0.15) is 0 Å². The SMILES string of the molecule is CC(C)CNCc1csc(N2CC(C)CCC2C)n1. The van der Waals surface area contributed by atoms with Gasteiger partial charge in [0.05, 0.1) is 5.69 Å². The first kappa shape index (κ1) is 14.8. The lowest BCUT2D eigenvalue weighted by atomic mass is 9.96. The van der Waals surface area contributed by atoms with Gasteiger partial charge in [0.1, 0.15) is 0 Å². The second kappa shape index (κ2) is 6.71. The number of nitrogens with one attached hydrogen (secondary N) is 1. The van der Waals surface area contributed by atoms with E-state index in [2.05, 4.69) is 43.3 Å². The van der Waals surface area contributed by atoms with E-state index in [1.165, 1.54) is 23.7 Å². The highest BCUT2D eigenvalue weighted by molar-refractivity contribution is 7.13. The van der Waals surface area contributed by atoms with Crippen molar-refractivity contribution in [3.8, 4) is 0 Å². The molecule has 2 unspecified atom stereocenters. The van der Waals surface area contributed by atoms with Gasteiger partial charge in [0.15, 0.2) is 5.13 Å². The number of rotatable bonds is 5. The molecule has 0 spiro atoms. The molecule has 2 atom stereocenters. The van der Waals surface area contributed by atoms with Crippen LogP contribution >= 0.6 is 11.3 Å². The third-order valence-corrected chi connectivity index (χ3v) is 4.69. The number of thiazole rings is 1. The zero-order valence-corrected chi connectivity index (χ0v) is 13.5. The maximum absolute atomic E-state index is 4.80. The lowest BCUT2D eigenvalue weighted by molar-refractivity contribution is 0.390. The number of aromatic nitrogens is 1. The Kier molecular flexibility index (Phi) is 5.22. The number of nitrogens with zero attached hydrogens (tertiary/aromatic N) is 2. The number of piperidine rings is 1. The Morgan fingerprint density at radius 2 is 2.21 bits per heavy atom. The van der Waals surface area contributed by atoms with Crippen LogP contribution in [-0.4, -0.2) is 24.1 Å². The van der Waals surface area contributed by atoms with Crippen LogP contribution < -0.4 is 10.2 Å². The molecule has 1 aromatic heterocycles. The fourth-order valence-corrected chi connectivity index (χ4v) is 3.49. The molecule has 19 heavy (non-hydrogen) atoms. The molecule has 1 saturated heterocycles. The van der Waals surface area contributed by atoms with E-state index in [0.717, 1.165) is 25.6 Å². The van der Waals surface area contributed by atoms with Crippen LogP contribution in [0.25, 0.3) is 0 Å². The molecule has 108 valence electrons. The average molecular weight is 281 g/mol. The summed E-state index contributed by atoms with van der Waals surface area (Å²) in [4.78, 5) is 7.29. The van der Waals surface area contributed by atoms with Gasteiger partial charge in [-0.1, -0.05) is 20.8 Å². The molecule has 0 aromatic carbocycles. The highest BCUT2D eigenvalue weighted by Gasteiger charge is 2.24. The molecule has 0 amide bonds. The second-order valence-corrected chi connectivity index (χ2v) is 7.17. The summed E-state index contributed by atoms with van der Waals surface area (Å²) < 4.78 is 0. The summed E-state index contributed by atoms with van der Waals surface area (Å²) in [6.07, 6.45) is 2.65. The molecule has 3 nitrogen and oxygen atoms in total. The first-order valence-corrected chi connectivity index (χ1v) is 8.36. The van der Waals surface area contributed by atoms with Gasteiger partial charge >= 0.3 is 0 Å². The Bertz CT molecular complexity index is 388. The van der Waals surface area contributed by atoms with Crippen LogP contribution in [-0.2, 0) is 6.54 Å². The number of hydrogen-bond acceptors (Lipinski definition) is 4. The van der Waals surface area contributed by atoms with Gasteiger partial charge in [0.25, 0.3) is 0 Å². The number of hydrogen-bond donors (Lipinski definition) is 1. The van der Waals surface area contributed by atoms with Crippen LogP contribution in [0.3, 0.4) is 0 Å². The van der Waals surface area contributed by atoms with Gasteiger partial charge in [-0.25, -0.2) is 4.98 Å². The molecule has 2 heterocycles. The minimum atomic E-state index is 0.638. The van der Waals surface area contributed by atoms with E-state index >= 15 is 0 Å². The molecule has 2 rings (SSSR count). The maximum atomic E-state index is 4.80. The normalized spacial score (nSPS) is 24.2. The van der Waals surface area contributed by atoms with Gasteiger partial charge in [0, 0.05) is 24.5 Å². The van der Waals surface area contributed by atoms with E-state index in [1.807, 2.05) is 0 Å². The smallest absolute Gasteiger partial charge is 0.185 e. The Hall–Kier alpha value is -0.610. The zero-order valence-electron chi connectivity index (χ0n) is 12.6. The molecule has 1 aromatic rings. The standard InChI is InChI=1S/C15H27N3S/c1-11(2)7-16-8-14-10-19-15(17-14)18-9-12(3)5-6-13(18)4/h10-13,16H,5-9H2,1-4H3. The van der Waals surface area contributed by atoms with Gasteiger partial charge in [-0.05, 0) is 38.1 Å². The van der Waals surface area contributed by atoms with Crippen LogP contribution in [0, 0.1) is 11.8 Å². The predicted molar refractivity (Wildman–Crippen MR) is 83.9 cm³/mol. The fraction of sp³-hybridized carbons (Fsp3) is 0.800. The monoisotopic (exact) mass is 281 g/mol. The molecule has 1 aliphatic heterocycles. The van der Waals surface area contributed by atoms with Crippen molar-refractivity contribution >= 4 is 16.5 Å². The summed E-state index contributed by atoms with van der Waals surface area (Å²) in [5.41, 5.74) is 1.19. The molecular formula is C15H27N3S. The Morgan fingerprint density at radius 3 is 2.95 bits per heavy atom. The topological polar surface area (TPSA) is 28.2 Å². The Morgan fingerprint density at radius 1 is 1.42 bits per heavy atom. The molecule has 0 radical (unpaired) electrons. The second-order valence-electron chi connectivity index (χ2n) is 6.33. The predicted octanol–water partition coefficient (Wildman–Crippen LogP) is 3.51. The van der Waals surface area contributed by atoms with Crippen molar-refractivity contribution in [3.05, 3.63) is 11.1 Å². The van der Waals surface area contributed by atoms with Crippen molar-refractivity contribution in [1.29, 1.82) is 0 Å². The van der Waals surface area contributed by atoms with E-state index in [9.17, 15) is 0 Å². The summed E-state index contributed by atoms with van der Waals surface area (Å²) in [6, 6.07) is 0.638. The van der Waals surface area contributed by atoms with Crippen LogP contribution in [0.5, 0.6) is 0 Å². The first-order valence-electron chi connectivity index (χ1n) is 7.48. The molecule has 1 aliphatic rings. The lowest BCUT2D eigenvalue weighted by Crippen LogP contribution is -2.41. The molecule has 4 heteroatoms. The highest BCUT2D eigenvalue weighted by Crippen LogP contribution is 2.29. The van der Waals surface area contributed by atoms with E-state index in [-0.39, 0.29) is 0 Å². The molecular weight excluding hydrogens is 254 g/mol. The third kappa shape index (κ3) is 4.18. The average Bonchev–Trinajstić information content (AvgIpc) is 2.80. The summed E-state index contributed by atoms with van der Waals surface area (Å²) in [7, 11) is 0. The molecule has 1 N–H and O–H groups in total. The van der Waals surface area contributed by atoms with Crippen LogP contribution in [0.1, 0.15) is 46.2 Å². The minimum Gasteiger partial charge on any atom is -0.345 e. The van der Waals surface area contributed by atoms with Crippen molar-refractivity contribution in [3.63, 3.8) is 0 Å². The van der Waals surface area contributed by atoms with Crippen LogP contribution in [0.15, 0.2) is 5.38 Å². The maximum Gasteiger partial charge on any atom is 0.185 e. The van der Waals surface area contributed by atoms with Crippen molar-refractivity contribution < 1.29 is 0 Å². The number of anilines is 1. The third-order valence-electron chi connectivity index (χ3n) is 3.76. The first-order chi connectivity index (χ1) is 9.06. The van der Waals surface area contributed by atoms with Gasteiger partial charge in [-0.15, -0.1) is 11.3 Å². The summed E-state index contributed by atoms with van der Waals surface area (Å²) >= 11 is 1.80. The lowest BCUT2D eigenvalue weighted by Gasteiger charge is -2.36. The Labute approximate surface area is 121 Å². The minimum absolute atomic E-state index is 0.638. The van der Waals surface area contributed by atoms with Crippen LogP contribution in [0.2, 0.25) is 0 Å². The zero-order chi connectivity index (χ0) is 13.8. The molecule has 0 saturated carbocycles. The van der Waals surface area contributed by atoms with E-state index in [0.29, 0.717) is 12.0 Å². The molecule has 0 bridgehead atoms. The van der Waals surface area contributed by atoms with Gasteiger partial charge in [0.2, 0.25) is 0 Å². The fourth-order valence-electron chi connectivity index (χ4n) is 2.55. The molecule has 0 aliphatic carbocycles. The van der Waals surface area contributed by atoms with Crippen molar-refractivity contribution in [1.82, 2.24) is 10.3 Å². The summed E-state index contributed by atoms with van der Waals surface area (Å²) in [5.74, 6) is 1.49. The Balaban J connectivity index is 1.92. The quantitative estimate of drug-likeness (QED) is 0.895. The highest BCUT2D eigenvalue weighted by atomic mass is 32.1. The molecule has 1 fully saturated rings. The van der Waals surface area contributed by atoms with Crippen molar-refractivity contribution in [2.45, 2.75) is 53.1 Å². The van der Waals surface area contributed by atoms with E-state index in [4.69, 9.17) is 4.98 Å². The van der Waals surface area contributed by atoms with Gasteiger partial charge in [-0.3, -0.25) is 0 Å². The van der Waals surface area contributed by atoms with Crippen LogP contribution in [0.4, 0.5) is 5.13 Å². The van der Waals surface area contributed by atoms with Crippen molar-refractivity contribution in [2.75, 3.05) is 18.0 Å².